The lowest BCUT2D eigenvalue weighted by Gasteiger charge is -2.16. The fraction of sp³-hybridized carbons (Fsp3) is 0.462. The number of amides is 1. The maximum atomic E-state index is 11.4. The number of nitrogens with zero attached hydrogens (tertiary/aromatic N) is 1. The molecule has 1 N–H and O–H groups in total. The van der Waals surface area contributed by atoms with Crippen LogP contribution in [-0.2, 0) is 4.79 Å². The van der Waals surface area contributed by atoms with Crippen molar-refractivity contribution in [3.05, 3.63) is 30.3 Å². The standard InChI is InChI=1S/C13H20N2O2.ClH/c1-14-11-13(16)15(2)9-6-10-17-12-7-4-3-5-8-12;/h3-5,7-8,14H,6,9-11H2,1-2H3;1H. The molecular weight excluding hydrogens is 252 g/mol. The van der Waals surface area contributed by atoms with Crippen LogP contribution < -0.4 is 10.1 Å². The second kappa shape index (κ2) is 9.74. The monoisotopic (exact) mass is 272 g/mol. The van der Waals surface area contributed by atoms with Crippen LogP contribution in [0.4, 0.5) is 0 Å². The lowest BCUT2D eigenvalue weighted by Crippen LogP contribution is -2.35. The van der Waals surface area contributed by atoms with Crippen LogP contribution in [0.1, 0.15) is 6.42 Å². The van der Waals surface area contributed by atoms with Crippen molar-refractivity contribution >= 4 is 18.3 Å². The van der Waals surface area contributed by atoms with Gasteiger partial charge < -0.3 is 15.0 Å². The number of carbonyl (C=O) groups is 1. The van der Waals surface area contributed by atoms with Gasteiger partial charge in [0.15, 0.2) is 0 Å². The van der Waals surface area contributed by atoms with Crippen LogP contribution in [0.15, 0.2) is 30.3 Å². The molecule has 0 bridgehead atoms. The molecule has 1 aromatic rings. The van der Waals surface area contributed by atoms with Crippen molar-refractivity contribution in [3.63, 3.8) is 0 Å². The summed E-state index contributed by atoms with van der Waals surface area (Å²) < 4.78 is 5.54. The molecule has 0 saturated carbocycles. The molecule has 0 aliphatic rings. The van der Waals surface area contributed by atoms with Crippen LogP contribution in [0.2, 0.25) is 0 Å². The van der Waals surface area contributed by atoms with Crippen molar-refractivity contribution < 1.29 is 9.53 Å². The highest BCUT2D eigenvalue weighted by molar-refractivity contribution is 5.85. The van der Waals surface area contributed by atoms with Crippen LogP contribution in [0.5, 0.6) is 5.75 Å². The molecule has 18 heavy (non-hydrogen) atoms. The largest absolute Gasteiger partial charge is 0.494 e. The van der Waals surface area contributed by atoms with Gasteiger partial charge in [0, 0.05) is 13.6 Å². The van der Waals surface area contributed by atoms with Gasteiger partial charge in [-0.05, 0) is 25.6 Å². The fourth-order valence-electron chi connectivity index (χ4n) is 1.42. The molecule has 1 rings (SSSR count). The van der Waals surface area contributed by atoms with Crippen molar-refractivity contribution in [1.82, 2.24) is 10.2 Å². The topological polar surface area (TPSA) is 41.6 Å². The van der Waals surface area contributed by atoms with E-state index in [0.717, 1.165) is 12.2 Å². The molecule has 1 aromatic carbocycles. The SMILES string of the molecule is CNCC(=O)N(C)CCCOc1ccccc1.Cl. The summed E-state index contributed by atoms with van der Waals surface area (Å²) in [5.41, 5.74) is 0. The number of halogens is 1. The van der Waals surface area contributed by atoms with Crippen molar-refractivity contribution in [3.8, 4) is 5.75 Å². The summed E-state index contributed by atoms with van der Waals surface area (Å²) >= 11 is 0. The van der Waals surface area contributed by atoms with E-state index in [1.807, 2.05) is 37.4 Å². The molecule has 0 aliphatic heterocycles. The number of hydrogen-bond donors (Lipinski definition) is 1. The smallest absolute Gasteiger partial charge is 0.236 e. The molecule has 0 heterocycles. The maximum absolute atomic E-state index is 11.4. The summed E-state index contributed by atoms with van der Waals surface area (Å²) in [5.74, 6) is 0.976. The van der Waals surface area contributed by atoms with E-state index in [0.29, 0.717) is 19.7 Å². The third-order valence-electron chi connectivity index (χ3n) is 2.40. The van der Waals surface area contributed by atoms with E-state index in [1.54, 1.807) is 11.9 Å². The molecule has 0 spiro atoms. The molecular formula is C13H21ClN2O2. The summed E-state index contributed by atoms with van der Waals surface area (Å²) in [4.78, 5) is 13.1. The first-order chi connectivity index (χ1) is 8.24. The Labute approximate surface area is 115 Å². The number of likely N-dealkylation sites (N-methyl/N-ethyl adjacent to an activating group) is 2. The zero-order valence-corrected chi connectivity index (χ0v) is 11.7. The summed E-state index contributed by atoms with van der Waals surface area (Å²) in [7, 11) is 3.58. The van der Waals surface area contributed by atoms with Gasteiger partial charge in [-0.2, -0.15) is 0 Å². The van der Waals surface area contributed by atoms with E-state index in [2.05, 4.69) is 5.32 Å². The number of para-hydroxylation sites is 1. The summed E-state index contributed by atoms with van der Waals surface area (Å²) in [6.07, 6.45) is 0.834. The van der Waals surface area contributed by atoms with Gasteiger partial charge in [0.25, 0.3) is 0 Å². The third-order valence-corrected chi connectivity index (χ3v) is 2.40. The fourth-order valence-corrected chi connectivity index (χ4v) is 1.42. The van der Waals surface area contributed by atoms with Crippen molar-refractivity contribution in [1.29, 1.82) is 0 Å². The van der Waals surface area contributed by atoms with E-state index in [9.17, 15) is 4.79 Å². The van der Waals surface area contributed by atoms with Gasteiger partial charge in [-0.15, -0.1) is 12.4 Å². The number of ether oxygens (including phenoxy) is 1. The Balaban J connectivity index is 0.00000289. The highest BCUT2D eigenvalue weighted by Gasteiger charge is 2.06. The van der Waals surface area contributed by atoms with Crippen LogP contribution in [0.25, 0.3) is 0 Å². The Bertz CT molecular complexity index is 333. The zero-order chi connectivity index (χ0) is 12.5. The van der Waals surface area contributed by atoms with E-state index < -0.39 is 0 Å². The molecule has 1 amide bonds. The minimum atomic E-state index is 0. The molecule has 0 aliphatic carbocycles. The molecule has 0 fully saturated rings. The molecule has 0 unspecified atom stereocenters. The van der Waals surface area contributed by atoms with E-state index in [1.165, 1.54) is 0 Å². The van der Waals surface area contributed by atoms with E-state index in [4.69, 9.17) is 4.74 Å². The Morgan fingerprint density at radius 1 is 1.33 bits per heavy atom. The van der Waals surface area contributed by atoms with Gasteiger partial charge in [-0.1, -0.05) is 18.2 Å². The van der Waals surface area contributed by atoms with Crippen molar-refractivity contribution in [2.75, 3.05) is 33.8 Å². The maximum Gasteiger partial charge on any atom is 0.236 e. The van der Waals surface area contributed by atoms with Gasteiger partial charge in [0.1, 0.15) is 5.75 Å². The highest BCUT2D eigenvalue weighted by Crippen LogP contribution is 2.08. The predicted octanol–water partition coefficient (Wildman–Crippen LogP) is 1.56. The molecule has 4 nitrogen and oxygen atoms in total. The molecule has 0 radical (unpaired) electrons. The first kappa shape index (κ1) is 16.7. The Kier molecular flexibility index (Phi) is 9.06. The Hall–Kier alpha value is -1.26. The normalized spacial score (nSPS) is 9.44. The lowest BCUT2D eigenvalue weighted by molar-refractivity contribution is -0.128. The lowest BCUT2D eigenvalue weighted by atomic mass is 10.3. The number of carbonyl (C=O) groups excluding carboxylic acids is 1. The first-order valence-electron chi connectivity index (χ1n) is 5.80. The molecule has 0 atom stereocenters. The zero-order valence-electron chi connectivity index (χ0n) is 10.9. The third kappa shape index (κ3) is 6.47. The van der Waals surface area contributed by atoms with Crippen LogP contribution in [0, 0.1) is 0 Å². The van der Waals surface area contributed by atoms with E-state index in [-0.39, 0.29) is 18.3 Å². The second-order valence-electron chi connectivity index (χ2n) is 3.86. The quantitative estimate of drug-likeness (QED) is 0.766. The van der Waals surface area contributed by atoms with Gasteiger partial charge in [0.05, 0.1) is 13.2 Å². The van der Waals surface area contributed by atoms with Gasteiger partial charge in [-0.3, -0.25) is 4.79 Å². The molecule has 0 aromatic heterocycles. The number of hydrogen-bond acceptors (Lipinski definition) is 3. The van der Waals surface area contributed by atoms with Crippen molar-refractivity contribution in [2.24, 2.45) is 0 Å². The van der Waals surface area contributed by atoms with Crippen LogP contribution in [0.3, 0.4) is 0 Å². The second-order valence-corrected chi connectivity index (χ2v) is 3.86. The van der Waals surface area contributed by atoms with E-state index >= 15 is 0 Å². The minimum Gasteiger partial charge on any atom is -0.494 e. The minimum absolute atomic E-state index is 0. The summed E-state index contributed by atoms with van der Waals surface area (Å²) in [6.45, 7) is 1.73. The molecule has 0 saturated heterocycles. The Morgan fingerprint density at radius 3 is 2.61 bits per heavy atom. The number of nitrogens with one attached hydrogen (secondary N) is 1. The number of rotatable bonds is 7. The van der Waals surface area contributed by atoms with Gasteiger partial charge in [0.2, 0.25) is 5.91 Å². The van der Waals surface area contributed by atoms with Gasteiger partial charge >= 0.3 is 0 Å². The Morgan fingerprint density at radius 2 is 2.00 bits per heavy atom. The van der Waals surface area contributed by atoms with Crippen molar-refractivity contribution in [2.45, 2.75) is 6.42 Å². The highest BCUT2D eigenvalue weighted by atomic mass is 35.5. The average molecular weight is 273 g/mol. The summed E-state index contributed by atoms with van der Waals surface area (Å²) in [5, 5.41) is 2.84. The molecule has 102 valence electrons. The first-order valence-corrected chi connectivity index (χ1v) is 5.80. The predicted molar refractivity (Wildman–Crippen MR) is 75.4 cm³/mol. The van der Waals surface area contributed by atoms with Gasteiger partial charge in [-0.25, -0.2) is 0 Å². The summed E-state index contributed by atoms with van der Waals surface area (Å²) in [6, 6.07) is 9.69. The average Bonchev–Trinajstić information content (AvgIpc) is 2.36. The van der Waals surface area contributed by atoms with Crippen LogP contribution in [-0.4, -0.2) is 44.6 Å². The van der Waals surface area contributed by atoms with Crippen LogP contribution >= 0.6 is 12.4 Å². The molecule has 5 heteroatoms. The number of benzene rings is 1.